The van der Waals surface area contributed by atoms with Gasteiger partial charge in [0.2, 0.25) is 0 Å². The third-order valence-corrected chi connectivity index (χ3v) is 6.67. The SMILES string of the molecule is CC1(C)CC(=O)c2c(CC3CC3)nn(-c3cc(NC4CCOC4)c(C(N)=O)cc3F)c2C1. The molecule has 2 fully saturated rings. The van der Waals surface area contributed by atoms with Crippen LogP contribution in [0.1, 0.15) is 71.6 Å². The molecule has 5 rings (SSSR count). The highest BCUT2D eigenvalue weighted by atomic mass is 19.1. The van der Waals surface area contributed by atoms with Gasteiger partial charge in [-0.3, -0.25) is 9.59 Å². The molecule has 0 bridgehead atoms. The molecule has 0 spiro atoms. The Morgan fingerprint density at radius 1 is 1.31 bits per heavy atom. The number of ether oxygens (including phenoxy) is 1. The largest absolute Gasteiger partial charge is 0.379 e. The van der Waals surface area contributed by atoms with E-state index in [0.717, 1.165) is 37.1 Å². The third-order valence-electron chi connectivity index (χ3n) is 6.67. The summed E-state index contributed by atoms with van der Waals surface area (Å²) < 4.78 is 22.3. The molecule has 32 heavy (non-hydrogen) atoms. The second-order valence-electron chi connectivity index (χ2n) is 10.2. The summed E-state index contributed by atoms with van der Waals surface area (Å²) >= 11 is 0. The molecule has 1 aromatic carbocycles. The van der Waals surface area contributed by atoms with Crippen molar-refractivity contribution < 1.29 is 18.7 Å². The number of benzene rings is 1. The second kappa shape index (κ2) is 7.69. The molecule has 7 nitrogen and oxygen atoms in total. The van der Waals surface area contributed by atoms with Crippen LogP contribution in [0, 0.1) is 17.2 Å². The number of primary amides is 1. The summed E-state index contributed by atoms with van der Waals surface area (Å²) in [6.07, 6.45) is 4.90. The number of nitrogens with zero attached hydrogens (tertiary/aromatic N) is 2. The number of nitrogens with one attached hydrogen (secondary N) is 1. The minimum Gasteiger partial charge on any atom is -0.379 e. The molecule has 1 unspecified atom stereocenters. The Morgan fingerprint density at radius 2 is 2.09 bits per heavy atom. The van der Waals surface area contributed by atoms with Crippen molar-refractivity contribution in [1.82, 2.24) is 9.78 Å². The van der Waals surface area contributed by atoms with Crippen LogP contribution in [-0.2, 0) is 17.6 Å². The van der Waals surface area contributed by atoms with Gasteiger partial charge in [0, 0.05) is 18.7 Å². The van der Waals surface area contributed by atoms with E-state index < -0.39 is 11.7 Å². The molecule has 0 radical (unpaired) electrons. The van der Waals surface area contributed by atoms with Crippen molar-refractivity contribution in [2.75, 3.05) is 18.5 Å². The first kappa shape index (κ1) is 21.1. The van der Waals surface area contributed by atoms with Crippen LogP contribution in [0.3, 0.4) is 0 Å². The Hall–Kier alpha value is -2.74. The summed E-state index contributed by atoms with van der Waals surface area (Å²) in [4.78, 5) is 25.1. The number of anilines is 1. The summed E-state index contributed by atoms with van der Waals surface area (Å²) in [5.41, 5.74) is 8.25. The van der Waals surface area contributed by atoms with Gasteiger partial charge in [0.05, 0.1) is 35.2 Å². The van der Waals surface area contributed by atoms with Crippen LogP contribution >= 0.6 is 0 Å². The predicted molar refractivity (Wildman–Crippen MR) is 118 cm³/mol. The minimum atomic E-state index is -0.704. The highest BCUT2D eigenvalue weighted by Crippen LogP contribution is 2.40. The number of carbonyl (C=O) groups is 2. The van der Waals surface area contributed by atoms with Crippen LogP contribution in [0.25, 0.3) is 5.69 Å². The van der Waals surface area contributed by atoms with E-state index in [4.69, 9.17) is 15.6 Å². The van der Waals surface area contributed by atoms with Crippen molar-refractivity contribution in [2.24, 2.45) is 17.1 Å². The lowest BCUT2D eigenvalue weighted by molar-refractivity contribution is 0.0909. The van der Waals surface area contributed by atoms with E-state index in [1.54, 1.807) is 10.7 Å². The fourth-order valence-electron chi connectivity index (χ4n) is 4.88. The van der Waals surface area contributed by atoms with Crippen molar-refractivity contribution in [2.45, 2.75) is 58.4 Å². The average Bonchev–Trinajstić information content (AvgIpc) is 3.23. The fourth-order valence-corrected chi connectivity index (χ4v) is 4.88. The molecule has 1 saturated heterocycles. The zero-order valence-electron chi connectivity index (χ0n) is 18.5. The molecular weight excluding hydrogens is 411 g/mol. The van der Waals surface area contributed by atoms with Gasteiger partial charge in [0.25, 0.3) is 5.91 Å². The van der Waals surface area contributed by atoms with Crippen LogP contribution in [0.4, 0.5) is 10.1 Å². The van der Waals surface area contributed by atoms with Gasteiger partial charge in [-0.15, -0.1) is 0 Å². The highest BCUT2D eigenvalue weighted by Gasteiger charge is 2.38. The maximum absolute atomic E-state index is 15.3. The van der Waals surface area contributed by atoms with E-state index in [0.29, 0.717) is 43.2 Å². The predicted octanol–water partition coefficient (Wildman–Crippen LogP) is 3.42. The topological polar surface area (TPSA) is 99.2 Å². The van der Waals surface area contributed by atoms with Crippen LogP contribution < -0.4 is 11.1 Å². The number of halogens is 1. The van der Waals surface area contributed by atoms with Gasteiger partial charge in [-0.05, 0) is 55.6 Å². The van der Waals surface area contributed by atoms with Gasteiger partial charge in [-0.2, -0.15) is 5.10 Å². The first-order chi connectivity index (χ1) is 15.2. The summed E-state index contributed by atoms with van der Waals surface area (Å²) in [6.45, 7) is 5.24. The number of fused-ring (bicyclic) bond motifs is 1. The van der Waals surface area contributed by atoms with Crippen LogP contribution in [0.15, 0.2) is 12.1 Å². The second-order valence-corrected chi connectivity index (χ2v) is 10.2. The molecule has 1 saturated carbocycles. The van der Waals surface area contributed by atoms with Crippen molar-refractivity contribution in [3.05, 3.63) is 40.5 Å². The van der Waals surface area contributed by atoms with E-state index in [2.05, 4.69) is 5.32 Å². The number of aromatic nitrogens is 2. The lowest BCUT2D eigenvalue weighted by Gasteiger charge is -2.29. The number of rotatable bonds is 6. The third kappa shape index (κ3) is 3.92. The average molecular weight is 441 g/mol. The van der Waals surface area contributed by atoms with Crippen LogP contribution in [0.2, 0.25) is 0 Å². The van der Waals surface area contributed by atoms with E-state index in [-0.39, 0.29) is 28.5 Å². The number of ketones is 1. The van der Waals surface area contributed by atoms with Crippen molar-refractivity contribution >= 4 is 17.4 Å². The molecule has 1 aliphatic heterocycles. The Kier molecular flexibility index (Phi) is 5.08. The zero-order chi connectivity index (χ0) is 22.6. The van der Waals surface area contributed by atoms with Crippen molar-refractivity contribution in [3.63, 3.8) is 0 Å². The van der Waals surface area contributed by atoms with E-state index in [1.165, 1.54) is 6.07 Å². The lowest BCUT2D eigenvalue weighted by atomic mass is 9.75. The number of carbonyl (C=O) groups excluding carboxylic acids is 2. The van der Waals surface area contributed by atoms with Crippen molar-refractivity contribution in [1.29, 1.82) is 0 Å². The molecule has 1 amide bonds. The van der Waals surface area contributed by atoms with Gasteiger partial charge >= 0.3 is 0 Å². The van der Waals surface area contributed by atoms with Gasteiger partial charge in [0.1, 0.15) is 11.5 Å². The maximum atomic E-state index is 15.3. The highest BCUT2D eigenvalue weighted by molar-refractivity contribution is 6.00. The smallest absolute Gasteiger partial charge is 0.250 e. The molecule has 2 aliphatic carbocycles. The summed E-state index contributed by atoms with van der Waals surface area (Å²) in [7, 11) is 0. The number of Topliss-reactive ketones (excluding diaryl/α,β-unsaturated/α-hetero) is 1. The van der Waals surface area contributed by atoms with Gasteiger partial charge in [-0.1, -0.05) is 13.8 Å². The first-order valence-electron chi connectivity index (χ1n) is 11.3. The number of hydrogen-bond donors (Lipinski definition) is 2. The molecule has 1 atom stereocenters. The number of nitrogens with two attached hydrogens (primary N) is 1. The first-order valence-corrected chi connectivity index (χ1v) is 11.3. The molecule has 8 heteroatoms. The lowest BCUT2D eigenvalue weighted by Crippen LogP contribution is -2.28. The van der Waals surface area contributed by atoms with Crippen LogP contribution in [0.5, 0.6) is 0 Å². The summed E-state index contributed by atoms with van der Waals surface area (Å²) in [5.74, 6) is -0.670. The number of hydrogen-bond acceptors (Lipinski definition) is 5. The minimum absolute atomic E-state index is 0.0175. The molecule has 3 N–H and O–H groups in total. The number of amides is 1. The summed E-state index contributed by atoms with van der Waals surface area (Å²) in [6, 6.07) is 2.78. The maximum Gasteiger partial charge on any atom is 0.250 e. The Labute approximate surface area is 186 Å². The molecule has 3 aliphatic rings. The monoisotopic (exact) mass is 440 g/mol. The Bertz CT molecular complexity index is 1100. The Morgan fingerprint density at radius 3 is 2.75 bits per heavy atom. The molecule has 170 valence electrons. The Balaban J connectivity index is 1.63. The van der Waals surface area contributed by atoms with Gasteiger partial charge < -0.3 is 15.8 Å². The molecule has 2 heterocycles. The fraction of sp³-hybridized carbons (Fsp3) is 0.542. The summed E-state index contributed by atoms with van der Waals surface area (Å²) in [5, 5.41) is 8.04. The molecule has 1 aromatic heterocycles. The quantitative estimate of drug-likeness (QED) is 0.717. The van der Waals surface area contributed by atoms with Crippen LogP contribution in [-0.4, -0.2) is 40.7 Å². The van der Waals surface area contributed by atoms with E-state index in [1.807, 2.05) is 13.8 Å². The van der Waals surface area contributed by atoms with Crippen molar-refractivity contribution in [3.8, 4) is 5.69 Å². The molecule has 2 aromatic rings. The normalized spacial score (nSPS) is 22.1. The standard InChI is InChI=1S/C24H29FN4O3/c1-24(2)10-20-22(21(30)11-24)18(7-13-3-4-13)28-29(20)19-9-17(27-14-5-6-32-12-14)15(23(26)31)8-16(19)25/h8-9,13-14,27H,3-7,10-12H2,1-2H3,(H2,26,31). The molecular formula is C24H29FN4O3. The van der Waals surface area contributed by atoms with Gasteiger partial charge in [-0.25, -0.2) is 9.07 Å². The van der Waals surface area contributed by atoms with E-state index >= 15 is 4.39 Å². The van der Waals surface area contributed by atoms with Gasteiger partial charge in [0.15, 0.2) is 5.78 Å². The van der Waals surface area contributed by atoms with E-state index in [9.17, 15) is 9.59 Å². The zero-order valence-corrected chi connectivity index (χ0v) is 18.5.